The number of para-hydroxylation sites is 2. The Morgan fingerprint density at radius 3 is 2.42 bits per heavy atom. The summed E-state index contributed by atoms with van der Waals surface area (Å²) in [6.45, 7) is 2.90. The zero-order chi connectivity index (χ0) is 26.3. The standard InChI is InChI=1S/C30H26ClN5OS/c1-2-37-23-15-13-22(14-16-23)33-30(38)32-19-28-34-25-17-12-21(31)18-24(25)29(20-8-4-3-5-9-20)36-27-11-7-6-10-26(27)35-28/h3-18,36H,2,19H2,1H3,(H2,32,33,38). The van der Waals surface area contributed by atoms with Gasteiger partial charge in [0, 0.05) is 16.1 Å². The summed E-state index contributed by atoms with van der Waals surface area (Å²) in [6, 6.07) is 31.3. The van der Waals surface area contributed by atoms with Crippen molar-refractivity contribution in [3.05, 3.63) is 108 Å². The zero-order valence-corrected chi connectivity index (χ0v) is 22.3. The molecule has 0 fully saturated rings. The SMILES string of the molecule is CCOc1ccc(NC(=S)NCc2nc3ccccc3[nH]c(-c3ccccc3)c3cc(Cl)ccc3n2)cc1. The van der Waals surface area contributed by atoms with E-state index in [1.807, 2.05) is 91.9 Å². The summed E-state index contributed by atoms with van der Waals surface area (Å²) >= 11 is 12.0. The summed E-state index contributed by atoms with van der Waals surface area (Å²) in [6.07, 6.45) is 0. The second-order valence-corrected chi connectivity index (χ2v) is 9.29. The molecule has 3 N–H and O–H groups in total. The van der Waals surface area contributed by atoms with Gasteiger partial charge in [-0.1, -0.05) is 54.1 Å². The molecular weight excluding hydrogens is 514 g/mol. The number of fused-ring (bicyclic) bond motifs is 2. The molecule has 5 rings (SSSR count). The fourth-order valence-corrected chi connectivity index (χ4v) is 4.40. The van der Waals surface area contributed by atoms with Crippen LogP contribution in [0.5, 0.6) is 5.75 Å². The molecule has 0 atom stereocenters. The van der Waals surface area contributed by atoms with Gasteiger partial charge in [-0.3, -0.25) is 0 Å². The molecule has 0 spiro atoms. The fraction of sp³-hybridized carbons (Fsp3) is 0.100. The third-order valence-corrected chi connectivity index (χ3v) is 6.26. The molecule has 8 heteroatoms. The van der Waals surface area contributed by atoms with Crippen molar-refractivity contribution >= 4 is 56.6 Å². The first-order valence-corrected chi connectivity index (χ1v) is 13.0. The van der Waals surface area contributed by atoms with Crippen LogP contribution in [0, 0.1) is 0 Å². The minimum atomic E-state index is 0.319. The van der Waals surface area contributed by atoms with Crippen LogP contribution in [0.1, 0.15) is 12.7 Å². The number of H-pyrrole nitrogens is 1. The fourth-order valence-electron chi connectivity index (χ4n) is 4.04. The average molecular weight is 540 g/mol. The molecule has 0 unspecified atom stereocenters. The summed E-state index contributed by atoms with van der Waals surface area (Å²) in [5.74, 6) is 1.39. The number of ether oxygens (including phenoxy) is 1. The lowest BCUT2D eigenvalue weighted by Crippen LogP contribution is -2.28. The number of nitrogens with zero attached hydrogens (tertiary/aromatic N) is 2. The first kappa shape index (κ1) is 25.4. The number of anilines is 1. The Balaban J connectivity index is 1.54. The van der Waals surface area contributed by atoms with Crippen molar-refractivity contribution in [2.45, 2.75) is 13.5 Å². The first-order chi connectivity index (χ1) is 18.6. The van der Waals surface area contributed by atoms with Gasteiger partial charge in [0.25, 0.3) is 0 Å². The first-order valence-electron chi connectivity index (χ1n) is 12.2. The van der Waals surface area contributed by atoms with Gasteiger partial charge in [0.05, 0.1) is 35.4 Å². The molecule has 1 heterocycles. The van der Waals surface area contributed by atoms with Crippen molar-refractivity contribution in [3.8, 4) is 17.0 Å². The number of thiocarbonyl (C=S) groups is 1. The molecular formula is C30H26ClN5OS. The number of nitrogens with one attached hydrogen (secondary N) is 3. The van der Waals surface area contributed by atoms with Crippen molar-refractivity contribution in [2.75, 3.05) is 11.9 Å². The lowest BCUT2D eigenvalue weighted by atomic mass is 10.1. The number of halogens is 1. The molecule has 0 radical (unpaired) electrons. The topological polar surface area (TPSA) is 74.9 Å². The minimum Gasteiger partial charge on any atom is -0.494 e. The Bertz CT molecular complexity index is 1640. The van der Waals surface area contributed by atoms with Crippen LogP contribution in [-0.2, 0) is 6.54 Å². The van der Waals surface area contributed by atoms with E-state index in [0.717, 1.165) is 44.6 Å². The summed E-state index contributed by atoms with van der Waals surface area (Å²) in [7, 11) is 0. The Labute approximate surface area is 231 Å². The maximum Gasteiger partial charge on any atom is 0.171 e. The number of hydrogen-bond donors (Lipinski definition) is 3. The van der Waals surface area contributed by atoms with Gasteiger partial charge in [0.15, 0.2) is 5.11 Å². The maximum absolute atomic E-state index is 6.45. The van der Waals surface area contributed by atoms with E-state index in [2.05, 4.69) is 27.8 Å². The Morgan fingerprint density at radius 2 is 1.63 bits per heavy atom. The lowest BCUT2D eigenvalue weighted by molar-refractivity contribution is 0.340. The van der Waals surface area contributed by atoms with E-state index < -0.39 is 0 Å². The third kappa shape index (κ3) is 6.19. The van der Waals surface area contributed by atoms with Crippen LogP contribution in [0.4, 0.5) is 5.69 Å². The molecule has 1 aromatic heterocycles. The number of rotatable bonds is 6. The molecule has 0 aliphatic rings. The van der Waals surface area contributed by atoms with Gasteiger partial charge in [0.1, 0.15) is 11.6 Å². The highest BCUT2D eigenvalue weighted by atomic mass is 35.5. The van der Waals surface area contributed by atoms with Gasteiger partial charge < -0.3 is 20.4 Å². The molecule has 0 aliphatic carbocycles. The maximum atomic E-state index is 6.45. The number of benzene rings is 4. The largest absolute Gasteiger partial charge is 0.494 e. The smallest absolute Gasteiger partial charge is 0.171 e. The Kier molecular flexibility index (Phi) is 7.97. The molecule has 5 aromatic rings. The van der Waals surface area contributed by atoms with E-state index in [4.69, 9.17) is 38.5 Å². The van der Waals surface area contributed by atoms with Gasteiger partial charge in [-0.2, -0.15) is 0 Å². The monoisotopic (exact) mass is 539 g/mol. The van der Waals surface area contributed by atoms with Crippen molar-refractivity contribution in [1.29, 1.82) is 0 Å². The number of aromatic amines is 1. The second kappa shape index (κ2) is 11.9. The Morgan fingerprint density at radius 1 is 0.895 bits per heavy atom. The van der Waals surface area contributed by atoms with Gasteiger partial charge in [-0.15, -0.1) is 0 Å². The van der Waals surface area contributed by atoms with E-state index in [9.17, 15) is 0 Å². The molecule has 38 heavy (non-hydrogen) atoms. The molecule has 4 aromatic carbocycles. The zero-order valence-electron chi connectivity index (χ0n) is 20.7. The lowest BCUT2D eigenvalue weighted by Gasteiger charge is -2.10. The van der Waals surface area contributed by atoms with Crippen LogP contribution in [0.25, 0.3) is 33.2 Å². The summed E-state index contributed by atoms with van der Waals surface area (Å²) in [4.78, 5) is 13.4. The van der Waals surface area contributed by atoms with Crippen molar-refractivity contribution in [2.24, 2.45) is 0 Å². The van der Waals surface area contributed by atoms with Crippen LogP contribution >= 0.6 is 23.8 Å². The summed E-state index contributed by atoms with van der Waals surface area (Å²) < 4.78 is 5.51. The molecule has 190 valence electrons. The van der Waals surface area contributed by atoms with E-state index in [0.29, 0.717) is 29.1 Å². The predicted molar refractivity (Wildman–Crippen MR) is 160 cm³/mol. The highest BCUT2D eigenvalue weighted by Crippen LogP contribution is 2.28. The molecule has 0 aliphatic heterocycles. The van der Waals surface area contributed by atoms with E-state index in [1.165, 1.54) is 0 Å². The average Bonchev–Trinajstić information content (AvgIpc) is 3.00. The van der Waals surface area contributed by atoms with Crippen molar-refractivity contribution < 1.29 is 4.74 Å². The highest BCUT2D eigenvalue weighted by Gasteiger charge is 2.08. The minimum absolute atomic E-state index is 0.319. The number of hydrogen-bond acceptors (Lipinski definition) is 4. The van der Waals surface area contributed by atoms with Crippen LogP contribution < -0.4 is 15.4 Å². The quantitative estimate of drug-likeness (QED) is 0.195. The molecule has 6 nitrogen and oxygen atoms in total. The third-order valence-electron chi connectivity index (χ3n) is 5.78. The van der Waals surface area contributed by atoms with Crippen LogP contribution in [0.2, 0.25) is 5.02 Å². The van der Waals surface area contributed by atoms with Gasteiger partial charge in [0.2, 0.25) is 0 Å². The van der Waals surface area contributed by atoms with Gasteiger partial charge >= 0.3 is 0 Å². The van der Waals surface area contributed by atoms with Crippen LogP contribution in [0.3, 0.4) is 0 Å². The van der Waals surface area contributed by atoms with E-state index in [-0.39, 0.29) is 0 Å². The van der Waals surface area contributed by atoms with Gasteiger partial charge in [-0.25, -0.2) is 9.97 Å². The number of aromatic nitrogens is 3. The van der Waals surface area contributed by atoms with Crippen LogP contribution in [0.15, 0.2) is 97.1 Å². The molecule has 0 saturated carbocycles. The van der Waals surface area contributed by atoms with E-state index in [1.54, 1.807) is 0 Å². The summed E-state index contributed by atoms with van der Waals surface area (Å²) in [5.41, 5.74) is 5.16. The van der Waals surface area contributed by atoms with Crippen LogP contribution in [-0.4, -0.2) is 26.7 Å². The highest BCUT2D eigenvalue weighted by molar-refractivity contribution is 7.80. The second-order valence-electron chi connectivity index (χ2n) is 8.45. The summed E-state index contributed by atoms with van der Waals surface area (Å²) in [5, 5.41) is 8.40. The Hall–Kier alpha value is -4.20. The van der Waals surface area contributed by atoms with Gasteiger partial charge in [-0.05, 0) is 79.3 Å². The molecule has 0 bridgehead atoms. The van der Waals surface area contributed by atoms with E-state index >= 15 is 0 Å². The van der Waals surface area contributed by atoms with Crippen molar-refractivity contribution in [1.82, 2.24) is 20.3 Å². The predicted octanol–water partition coefficient (Wildman–Crippen LogP) is 7.44. The molecule has 0 saturated heterocycles. The normalized spacial score (nSPS) is 10.7. The van der Waals surface area contributed by atoms with Crippen molar-refractivity contribution in [3.63, 3.8) is 0 Å². The molecule has 0 amide bonds.